The number of halogens is 3. The van der Waals surface area contributed by atoms with Gasteiger partial charge in [-0.25, -0.2) is 27.5 Å². The molecule has 19 heteroatoms. The van der Waals surface area contributed by atoms with Crippen LogP contribution in [0.25, 0.3) is 16.9 Å². The van der Waals surface area contributed by atoms with Crippen LogP contribution in [0.1, 0.15) is 52.2 Å². The van der Waals surface area contributed by atoms with Gasteiger partial charge in [0.15, 0.2) is 5.69 Å². The topological polar surface area (TPSA) is 179 Å². The maximum absolute atomic E-state index is 13.6. The van der Waals surface area contributed by atoms with Gasteiger partial charge in [-0.2, -0.15) is 18.3 Å². The number of rotatable bonds is 13. The van der Waals surface area contributed by atoms with Gasteiger partial charge >= 0.3 is 12.3 Å². The Kier molecular flexibility index (Phi) is 11.1. The molecule has 0 saturated heterocycles. The van der Waals surface area contributed by atoms with Crippen LogP contribution in [-0.2, 0) is 25.8 Å². The molecule has 3 aromatic carbocycles. The number of carbonyl (C=O) groups excluding carboxylic acids is 3. The number of fused-ring (bicyclic) bond motifs is 1. The van der Waals surface area contributed by atoms with Crippen molar-refractivity contribution >= 4 is 27.9 Å². The molecule has 1 N–H and O–H groups in total. The number of likely N-dealkylation sites (N-methyl/N-ethyl adjacent to an activating group) is 1. The third kappa shape index (κ3) is 8.74. The minimum atomic E-state index is -4.74. The van der Waals surface area contributed by atoms with Gasteiger partial charge in [-0.3, -0.25) is 9.59 Å². The smallest absolute Gasteiger partial charge is 0.435 e. The van der Waals surface area contributed by atoms with E-state index in [1.54, 1.807) is 41.1 Å². The zero-order valence-corrected chi connectivity index (χ0v) is 29.6. The van der Waals surface area contributed by atoms with Crippen LogP contribution in [0.4, 0.5) is 18.0 Å². The van der Waals surface area contributed by atoms with Gasteiger partial charge < -0.3 is 14.8 Å². The molecule has 0 bridgehead atoms. The second kappa shape index (κ2) is 15.3. The van der Waals surface area contributed by atoms with Gasteiger partial charge in [0, 0.05) is 5.56 Å². The molecule has 0 saturated carbocycles. The summed E-state index contributed by atoms with van der Waals surface area (Å²) < 4.78 is 74.7. The molecule has 0 aliphatic carbocycles. The summed E-state index contributed by atoms with van der Waals surface area (Å²) in [5, 5.41) is 20.8. The van der Waals surface area contributed by atoms with Gasteiger partial charge in [0.2, 0.25) is 12.0 Å². The van der Waals surface area contributed by atoms with Gasteiger partial charge in [-0.05, 0) is 61.7 Å². The summed E-state index contributed by atoms with van der Waals surface area (Å²) in [6.45, 7) is 4.38. The molecule has 0 spiro atoms. The average molecular weight is 758 g/mol. The number of ether oxygens (including phenoxy) is 1. The summed E-state index contributed by atoms with van der Waals surface area (Å²) in [7, 11) is -3.20. The maximum atomic E-state index is 13.6. The molecule has 1 atom stereocenters. The van der Waals surface area contributed by atoms with Gasteiger partial charge in [-0.1, -0.05) is 55.8 Å². The quantitative estimate of drug-likeness (QED) is 0.0771. The Bertz CT molecular complexity index is 2100. The van der Waals surface area contributed by atoms with Crippen molar-refractivity contribution in [1.82, 2.24) is 24.4 Å². The summed E-state index contributed by atoms with van der Waals surface area (Å²) in [6.07, 6.45) is -5.82. The minimum absolute atomic E-state index is 0.0301. The Morgan fingerprint density at radius 2 is 1.62 bits per heavy atom. The lowest BCUT2D eigenvalue weighted by Crippen LogP contribution is -2.43. The second-order valence-corrected chi connectivity index (χ2v) is 14.1. The van der Waals surface area contributed by atoms with Crippen LogP contribution in [-0.4, -0.2) is 77.4 Å². The van der Waals surface area contributed by atoms with Crippen LogP contribution in [0.5, 0.6) is 0 Å². The molecule has 4 aromatic rings. The van der Waals surface area contributed by atoms with E-state index >= 15 is 0 Å². The van der Waals surface area contributed by atoms with E-state index in [9.17, 15) is 41.2 Å². The lowest BCUT2D eigenvalue weighted by Gasteiger charge is -2.25. The number of alkyl halides is 3. The van der Waals surface area contributed by atoms with E-state index < -0.39 is 64.1 Å². The normalized spacial score (nSPS) is 14.0. The Labute approximate surface area is 301 Å². The Morgan fingerprint density at radius 1 is 1.02 bits per heavy atom. The Morgan fingerprint density at radius 3 is 2.19 bits per heavy atom. The standard InChI is InChI=1S/C34H34F3N7O8S/c1-21(2)17-25(41(4)44(48)40-52-20-42-31(45)27-7-5-6-8-28(27)32(42)46)19-51-33(47)39-53(49,50)26-15-13-24(14-16-26)43-29(18-30(38-43)34(35,36)37)23-11-9-22(3)10-12-23/h5-16,18,21,25H,17,19-20H2,1-4H3,(H,39,47)/b44-40+/t25-/m0/s1. The minimum Gasteiger partial charge on any atom is -0.569 e. The van der Waals surface area contributed by atoms with Crippen LogP contribution in [0.15, 0.2) is 89.0 Å². The summed E-state index contributed by atoms with van der Waals surface area (Å²) in [5.74, 6) is -1.25. The number of hydrazine groups is 1. The predicted octanol–water partition coefficient (Wildman–Crippen LogP) is 5.69. The number of hydrogen-bond donors (Lipinski definition) is 1. The van der Waals surface area contributed by atoms with E-state index in [4.69, 9.17) is 9.57 Å². The van der Waals surface area contributed by atoms with E-state index in [2.05, 4.69) is 10.4 Å². The van der Waals surface area contributed by atoms with E-state index in [1.165, 1.54) is 31.3 Å². The first-order chi connectivity index (χ1) is 25.0. The summed E-state index contributed by atoms with van der Waals surface area (Å²) in [5.41, 5.74) is 0.821. The first kappa shape index (κ1) is 38.3. The van der Waals surface area contributed by atoms with Gasteiger partial charge in [0.1, 0.15) is 12.6 Å². The van der Waals surface area contributed by atoms with Crippen LogP contribution in [0.3, 0.4) is 0 Å². The highest BCUT2D eigenvalue weighted by atomic mass is 32.2. The lowest BCUT2D eigenvalue weighted by atomic mass is 10.0. The molecule has 5 rings (SSSR count). The molecule has 53 heavy (non-hydrogen) atoms. The molecule has 1 aromatic heterocycles. The number of imide groups is 1. The van der Waals surface area contributed by atoms with Crippen molar-refractivity contribution in [3.8, 4) is 16.9 Å². The molecule has 3 amide bonds. The molecule has 0 fully saturated rings. The highest BCUT2D eigenvalue weighted by Gasteiger charge is 2.37. The second-order valence-electron chi connectivity index (χ2n) is 12.4. The fourth-order valence-electron chi connectivity index (χ4n) is 5.34. The molecule has 2 heterocycles. The molecular formula is C34H34F3N7O8S. The number of hydrogen-bond acceptors (Lipinski definition) is 10. The third-order valence-electron chi connectivity index (χ3n) is 8.10. The SMILES string of the molecule is Cc1ccc(-c2cc(C(F)(F)F)nn2-c2ccc(S(=O)(=O)NC(=O)OC[C@H](CC(C)C)N(C)/[N+]([O-])=N\OCN3C(=O)c4ccccc4C3=O)cc2)cc1. The number of aromatic nitrogens is 2. The van der Waals surface area contributed by atoms with E-state index in [0.717, 1.165) is 38.4 Å². The number of amides is 3. The molecule has 280 valence electrons. The summed E-state index contributed by atoms with van der Waals surface area (Å²) in [4.78, 5) is 43.0. The Hall–Kier alpha value is -5.98. The zero-order chi connectivity index (χ0) is 38.7. The lowest BCUT2D eigenvalue weighted by molar-refractivity contribution is -0.713. The third-order valence-corrected chi connectivity index (χ3v) is 9.43. The maximum Gasteiger partial charge on any atom is 0.435 e. The molecule has 1 aliphatic rings. The average Bonchev–Trinajstić information content (AvgIpc) is 3.66. The van der Waals surface area contributed by atoms with Crippen LogP contribution >= 0.6 is 0 Å². The predicted molar refractivity (Wildman–Crippen MR) is 180 cm³/mol. The number of sulfonamides is 1. The van der Waals surface area contributed by atoms with Crippen molar-refractivity contribution in [1.29, 1.82) is 0 Å². The van der Waals surface area contributed by atoms with Gasteiger partial charge in [0.05, 0.1) is 39.4 Å². The number of aryl methyl sites for hydroxylation is 1. The van der Waals surface area contributed by atoms with E-state index in [0.29, 0.717) is 5.56 Å². The van der Waals surface area contributed by atoms with E-state index in [1.807, 2.05) is 20.8 Å². The summed E-state index contributed by atoms with van der Waals surface area (Å²) >= 11 is 0. The van der Waals surface area contributed by atoms with Crippen molar-refractivity contribution in [2.24, 2.45) is 11.2 Å². The molecule has 1 aliphatic heterocycles. The van der Waals surface area contributed by atoms with E-state index in [-0.39, 0.29) is 39.8 Å². The first-order valence-corrected chi connectivity index (χ1v) is 17.5. The van der Waals surface area contributed by atoms with Crippen LogP contribution < -0.4 is 4.72 Å². The van der Waals surface area contributed by atoms with Crippen molar-refractivity contribution in [2.45, 2.75) is 44.3 Å². The molecule has 0 radical (unpaired) electrons. The fourth-order valence-corrected chi connectivity index (χ4v) is 6.23. The number of benzene rings is 3. The fraction of sp³-hybridized carbons (Fsp3) is 0.294. The van der Waals surface area contributed by atoms with Gasteiger partial charge in [-0.15, -0.1) is 5.01 Å². The monoisotopic (exact) mass is 757 g/mol. The van der Waals surface area contributed by atoms with Crippen molar-refractivity contribution in [3.63, 3.8) is 0 Å². The first-order valence-electron chi connectivity index (χ1n) is 16.0. The van der Waals surface area contributed by atoms with Crippen molar-refractivity contribution in [3.05, 3.63) is 106 Å². The highest BCUT2D eigenvalue weighted by molar-refractivity contribution is 7.90. The highest BCUT2D eigenvalue weighted by Crippen LogP contribution is 2.33. The largest absolute Gasteiger partial charge is 0.569 e. The van der Waals surface area contributed by atoms with Crippen LogP contribution in [0, 0.1) is 18.0 Å². The molecule has 0 unspecified atom stereocenters. The number of nitrogens with zero attached hydrogens (tertiary/aromatic N) is 6. The zero-order valence-electron chi connectivity index (χ0n) is 28.8. The van der Waals surface area contributed by atoms with Crippen molar-refractivity contribution < 1.29 is 50.5 Å². The summed E-state index contributed by atoms with van der Waals surface area (Å²) in [6, 6.07) is 17.6. The van der Waals surface area contributed by atoms with Crippen molar-refractivity contribution in [2.75, 3.05) is 20.4 Å². The van der Waals surface area contributed by atoms with Crippen LogP contribution in [0.2, 0.25) is 0 Å². The molecule has 15 nitrogen and oxygen atoms in total. The Balaban J connectivity index is 1.22. The number of carbonyl (C=O) groups is 3. The molecular weight excluding hydrogens is 723 g/mol. The number of nitrogens with one attached hydrogen (secondary N) is 1. The van der Waals surface area contributed by atoms with Gasteiger partial charge in [0.25, 0.3) is 21.8 Å².